The summed E-state index contributed by atoms with van der Waals surface area (Å²) >= 11 is 0. The van der Waals surface area contributed by atoms with Gasteiger partial charge in [-0.25, -0.2) is 0 Å². The van der Waals surface area contributed by atoms with Crippen LogP contribution in [0.25, 0.3) is 0 Å². The summed E-state index contributed by atoms with van der Waals surface area (Å²) in [5.74, 6) is 0. The van der Waals surface area contributed by atoms with Crippen molar-refractivity contribution in [2.45, 2.75) is 39.2 Å². The lowest BCUT2D eigenvalue weighted by Gasteiger charge is -2.23. The Morgan fingerprint density at radius 2 is 1.93 bits per heavy atom. The van der Waals surface area contributed by atoms with Crippen LogP contribution in [0.5, 0.6) is 0 Å². The van der Waals surface area contributed by atoms with Crippen LogP contribution in [0, 0.1) is 0 Å². The molecule has 1 aromatic rings. The fourth-order valence-corrected chi connectivity index (χ4v) is 1.95. The summed E-state index contributed by atoms with van der Waals surface area (Å²) in [4.78, 5) is 0. The largest absolute Gasteiger partial charge is 0.312 e. The van der Waals surface area contributed by atoms with Gasteiger partial charge in [0.2, 0.25) is 0 Å². The molecular formula is C13H19N. The Hall–Kier alpha value is -0.820. The zero-order valence-electron chi connectivity index (χ0n) is 9.35. The predicted molar refractivity (Wildman–Crippen MR) is 60.6 cm³/mol. The fraction of sp³-hybridized carbons (Fsp3) is 0.538. The summed E-state index contributed by atoms with van der Waals surface area (Å²) in [6, 6.07) is 6.95. The highest BCUT2D eigenvalue weighted by Gasteiger charge is 2.16. The van der Waals surface area contributed by atoms with E-state index in [1.807, 2.05) is 0 Å². The van der Waals surface area contributed by atoms with Gasteiger partial charge in [0.1, 0.15) is 0 Å². The summed E-state index contributed by atoms with van der Waals surface area (Å²) in [7, 11) is 0. The lowest BCUT2D eigenvalue weighted by molar-refractivity contribution is 0.583. The minimum absolute atomic E-state index is 0.270. The van der Waals surface area contributed by atoms with E-state index in [-0.39, 0.29) is 5.41 Å². The van der Waals surface area contributed by atoms with Crippen LogP contribution in [0.1, 0.15) is 37.5 Å². The molecule has 76 valence electrons. The first kappa shape index (κ1) is 9.72. The van der Waals surface area contributed by atoms with Gasteiger partial charge in [-0.2, -0.15) is 0 Å². The zero-order chi connectivity index (χ0) is 10.2. The zero-order valence-corrected chi connectivity index (χ0v) is 9.35. The number of fused-ring (bicyclic) bond motifs is 1. The van der Waals surface area contributed by atoms with Crippen molar-refractivity contribution in [3.05, 3.63) is 34.9 Å². The van der Waals surface area contributed by atoms with Crippen LogP contribution in [-0.2, 0) is 18.4 Å². The van der Waals surface area contributed by atoms with Crippen molar-refractivity contribution in [2.24, 2.45) is 0 Å². The molecule has 1 nitrogen and oxygen atoms in total. The van der Waals surface area contributed by atoms with Gasteiger partial charge in [0.15, 0.2) is 0 Å². The molecule has 0 saturated heterocycles. The Morgan fingerprint density at radius 1 is 1.14 bits per heavy atom. The SMILES string of the molecule is CC(C)(C)c1ccc2c(c1)CNCC2. The highest BCUT2D eigenvalue weighted by atomic mass is 14.9. The molecule has 1 aromatic carbocycles. The Kier molecular flexibility index (Phi) is 2.36. The molecule has 14 heavy (non-hydrogen) atoms. The van der Waals surface area contributed by atoms with Crippen molar-refractivity contribution < 1.29 is 0 Å². The van der Waals surface area contributed by atoms with Gasteiger partial charge in [0.05, 0.1) is 0 Å². The Labute approximate surface area is 86.5 Å². The minimum Gasteiger partial charge on any atom is -0.312 e. The molecule has 0 aliphatic carbocycles. The quantitative estimate of drug-likeness (QED) is 0.661. The summed E-state index contributed by atoms with van der Waals surface area (Å²) in [6.45, 7) is 8.97. The number of hydrogen-bond donors (Lipinski definition) is 1. The van der Waals surface area contributed by atoms with E-state index in [9.17, 15) is 0 Å². The van der Waals surface area contributed by atoms with Gasteiger partial charge in [-0.3, -0.25) is 0 Å². The maximum Gasteiger partial charge on any atom is 0.0208 e. The lowest BCUT2D eigenvalue weighted by atomic mass is 9.84. The molecule has 0 atom stereocenters. The number of nitrogens with one attached hydrogen (secondary N) is 1. The molecule has 0 radical (unpaired) electrons. The predicted octanol–water partition coefficient (Wildman–Crippen LogP) is 2.63. The van der Waals surface area contributed by atoms with Crippen molar-refractivity contribution in [3.63, 3.8) is 0 Å². The van der Waals surface area contributed by atoms with Gasteiger partial charge in [0, 0.05) is 6.54 Å². The molecule has 1 heteroatoms. The molecule has 1 heterocycles. The van der Waals surface area contributed by atoms with Gasteiger partial charge in [-0.05, 0) is 35.1 Å². The summed E-state index contributed by atoms with van der Waals surface area (Å²) in [5.41, 5.74) is 4.73. The molecular weight excluding hydrogens is 170 g/mol. The standard InChI is InChI=1S/C13H19N/c1-13(2,3)12-5-4-10-6-7-14-9-11(10)8-12/h4-5,8,14H,6-7,9H2,1-3H3. The van der Waals surface area contributed by atoms with Crippen LogP contribution >= 0.6 is 0 Å². The van der Waals surface area contributed by atoms with Crippen molar-refractivity contribution in [1.29, 1.82) is 0 Å². The van der Waals surface area contributed by atoms with E-state index in [0.29, 0.717) is 0 Å². The lowest BCUT2D eigenvalue weighted by Crippen LogP contribution is -2.24. The highest BCUT2D eigenvalue weighted by molar-refractivity contribution is 5.36. The van der Waals surface area contributed by atoms with E-state index in [0.717, 1.165) is 13.1 Å². The number of rotatable bonds is 0. The average molecular weight is 189 g/mol. The fourth-order valence-electron chi connectivity index (χ4n) is 1.95. The topological polar surface area (TPSA) is 12.0 Å². The average Bonchev–Trinajstić information content (AvgIpc) is 2.16. The first-order valence-corrected chi connectivity index (χ1v) is 5.40. The van der Waals surface area contributed by atoms with Crippen LogP contribution in [0.3, 0.4) is 0 Å². The normalized spacial score (nSPS) is 16.5. The monoisotopic (exact) mass is 189 g/mol. The van der Waals surface area contributed by atoms with Gasteiger partial charge >= 0.3 is 0 Å². The second kappa shape index (κ2) is 3.39. The highest BCUT2D eigenvalue weighted by Crippen LogP contribution is 2.25. The van der Waals surface area contributed by atoms with Gasteiger partial charge < -0.3 is 5.32 Å². The summed E-state index contributed by atoms with van der Waals surface area (Å²) in [5, 5.41) is 3.42. The summed E-state index contributed by atoms with van der Waals surface area (Å²) in [6.07, 6.45) is 1.18. The first-order chi connectivity index (χ1) is 6.57. The van der Waals surface area contributed by atoms with E-state index in [4.69, 9.17) is 0 Å². The molecule has 1 aliphatic rings. The van der Waals surface area contributed by atoms with Gasteiger partial charge in [-0.15, -0.1) is 0 Å². The van der Waals surface area contributed by atoms with E-state index in [1.165, 1.54) is 23.1 Å². The maximum absolute atomic E-state index is 3.42. The molecule has 0 spiro atoms. The molecule has 2 rings (SSSR count). The molecule has 1 aliphatic heterocycles. The molecule has 0 unspecified atom stereocenters. The molecule has 0 aromatic heterocycles. The van der Waals surface area contributed by atoms with Crippen LogP contribution in [0.4, 0.5) is 0 Å². The van der Waals surface area contributed by atoms with Crippen LogP contribution in [0.15, 0.2) is 18.2 Å². The Balaban J connectivity index is 2.39. The molecule has 0 fully saturated rings. The third kappa shape index (κ3) is 1.83. The molecule has 1 N–H and O–H groups in total. The molecule has 0 saturated carbocycles. The molecule has 0 bridgehead atoms. The third-order valence-electron chi connectivity index (χ3n) is 2.96. The van der Waals surface area contributed by atoms with E-state index < -0.39 is 0 Å². The number of benzene rings is 1. The van der Waals surface area contributed by atoms with Crippen molar-refractivity contribution >= 4 is 0 Å². The van der Waals surface area contributed by atoms with Crippen LogP contribution in [-0.4, -0.2) is 6.54 Å². The smallest absolute Gasteiger partial charge is 0.0208 e. The molecule has 0 amide bonds. The Morgan fingerprint density at radius 3 is 2.64 bits per heavy atom. The van der Waals surface area contributed by atoms with E-state index in [1.54, 1.807) is 0 Å². The van der Waals surface area contributed by atoms with Gasteiger partial charge in [-0.1, -0.05) is 39.0 Å². The van der Waals surface area contributed by atoms with E-state index >= 15 is 0 Å². The maximum atomic E-state index is 3.42. The second-order valence-electron chi connectivity index (χ2n) is 5.16. The van der Waals surface area contributed by atoms with Crippen LogP contribution in [0.2, 0.25) is 0 Å². The number of hydrogen-bond acceptors (Lipinski definition) is 1. The van der Waals surface area contributed by atoms with Crippen LogP contribution < -0.4 is 5.32 Å². The van der Waals surface area contributed by atoms with E-state index in [2.05, 4.69) is 44.3 Å². The minimum atomic E-state index is 0.270. The van der Waals surface area contributed by atoms with Crippen molar-refractivity contribution in [1.82, 2.24) is 5.32 Å². The summed E-state index contributed by atoms with van der Waals surface area (Å²) < 4.78 is 0. The third-order valence-corrected chi connectivity index (χ3v) is 2.96. The second-order valence-corrected chi connectivity index (χ2v) is 5.16. The van der Waals surface area contributed by atoms with Crippen molar-refractivity contribution in [2.75, 3.05) is 6.54 Å². The van der Waals surface area contributed by atoms with Gasteiger partial charge in [0.25, 0.3) is 0 Å². The first-order valence-electron chi connectivity index (χ1n) is 5.40. The van der Waals surface area contributed by atoms with Crippen molar-refractivity contribution in [3.8, 4) is 0 Å². The Bertz CT molecular complexity index is 334.